The van der Waals surface area contributed by atoms with Crippen LogP contribution in [0.1, 0.15) is 38.3 Å². The maximum atomic E-state index is 13.9. The van der Waals surface area contributed by atoms with Crippen molar-refractivity contribution in [3.8, 4) is 11.8 Å². The Morgan fingerprint density at radius 2 is 1.85 bits per heavy atom. The fraction of sp³-hybridized carbons (Fsp3) is 0.276. The number of nitrogens with one attached hydrogen (secondary N) is 1. The molecule has 2 aromatic carbocycles. The molecule has 0 unspecified atom stereocenters. The molecule has 0 saturated carbocycles. The Kier molecular flexibility index (Phi) is 7.37. The summed E-state index contributed by atoms with van der Waals surface area (Å²) < 4.78 is 43.6. The summed E-state index contributed by atoms with van der Waals surface area (Å²) >= 11 is 0. The molecular weight excluding hydrogens is 505 g/mol. The van der Waals surface area contributed by atoms with Crippen LogP contribution in [0.3, 0.4) is 0 Å². The zero-order chi connectivity index (χ0) is 27.6. The summed E-state index contributed by atoms with van der Waals surface area (Å²) in [7, 11) is 2.00. The topological polar surface area (TPSA) is 65.8 Å². The first-order chi connectivity index (χ1) is 18.7. The summed E-state index contributed by atoms with van der Waals surface area (Å²) in [6, 6.07) is 10.8. The van der Waals surface area contributed by atoms with E-state index in [-0.39, 0.29) is 17.8 Å². The zero-order valence-electron chi connectivity index (χ0n) is 21.6. The number of likely N-dealkylation sites (N-methyl/N-ethyl adjacent to an activating group) is 1. The lowest BCUT2D eigenvalue weighted by Crippen LogP contribution is -2.44. The molecule has 39 heavy (non-hydrogen) atoms. The molecule has 0 radical (unpaired) electrons. The van der Waals surface area contributed by atoms with Gasteiger partial charge in [0.2, 0.25) is 5.78 Å². The molecule has 200 valence electrons. The highest BCUT2D eigenvalue weighted by molar-refractivity contribution is 6.04. The third-order valence-corrected chi connectivity index (χ3v) is 6.78. The van der Waals surface area contributed by atoms with Gasteiger partial charge < -0.3 is 10.2 Å². The van der Waals surface area contributed by atoms with Crippen molar-refractivity contribution in [2.75, 3.05) is 38.5 Å². The van der Waals surface area contributed by atoms with Gasteiger partial charge in [-0.2, -0.15) is 13.2 Å². The number of halogens is 3. The fourth-order valence-corrected chi connectivity index (χ4v) is 4.46. The zero-order valence-corrected chi connectivity index (χ0v) is 21.6. The number of imidazole rings is 1. The van der Waals surface area contributed by atoms with Crippen LogP contribution >= 0.6 is 0 Å². The van der Waals surface area contributed by atoms with Gasteiger partial charge in [-0.25, -0.2) is 9.97 Å². The van der Waals surface area contributed by atoms with Gasteiger partial charge in [0.15, 0.2) is 0 Å². The van der Waals surface area contributed by atoms with E-state index < -0.39 is 17.6 Å². The minimum atomic E-state index is -4.54. The molecule has 7 nitrogen and oxygen atoms in total. The third-order valence-electron chi connectivity index (χ3n) is 6.78. The summed E-state index contributed by atoms with van der Waals surface area (Å²) in [5.41, 5.74) is 1.96. The number of nitrogens with zero attached hydrogens (tertiary/aromatic N) is 5. The molecule has 3 heterocycles. The number of aromatic nitrogens is 3. The van der Waals surface area contributed by atoms with Gasteiger partial charge in [0.25, 0.3) is 5.91 Å². The Bertz CT molecular complexity index is 1580. The molecule has 0 aliphatic carbocycles. The number of benzene rings is 2. The van der Waals surface area contributed by atoms with Crippen LogP contribution in [-0.4, -0.2) is 63.3 Å². The van der Waals surface area contributed by atoms with E-state index in [9.17, 15) is 18.0 Å². The van der Waals surface area contributed by atoms with Crippen molar-refractivity contribution < 1.29 is 18.0 Å². The maximum Gasteiger partial charge on any atom is 0.416 e. The monoisotopic (exact) mass is 532 g/mol. The van der Waals surface area contributed by atoms with Gasteiger partial charge in [0.05, 0.1) is 11.8 Å². The first-order valence-corrected chi connectivity index (χ1v) is 12.5. The highest BCUT2D eigenvalue weighted by atomic mass is 19.4. The Hall–Kier alpha value is -4.20. The highest BCUT2D eigenvalue weighted by Crippen LogP contribution is 2.34. The Morgan fingerprint density at radius 3 is 2.62 bits per heavy atom. The molecule has 4 aromatic rings. The van der Waals surface area contributed by atoms with E-state index in [4.69, 9.17) is 0 Å². The average molecular weight is 533 g/mol. The summed E-state index contributed by atoms with van der Waals surface area (Å²) in [5, 5.41) is 2.62. The van der Waals surface area contributed by atoms with E-state index in [0.717, 1.165) is 24.7 Å². The van der Waals surface area contributed by atoms with Gasteiger partial charge in [-0.05, 0) is 61.4 Å². The Balaban J connectivity index is 1.35. The number of carbonyl (C=O) groups is 1. The van der Waals surface area contributed by atoms with Gasteiger partial charge in [-0.15, -0.1) is 0 Å². The molecule has 1 saturated heterocycles. The van der Waals surface area contributed by atoms with Gasteiger partial charge in [0, 0.05) is 61.9 Å². The van der Waals surface area contributed by atoms with E-state index in [0.29, 0.717) is 35.7 Å². The van der Waals surface area contributed by atoms with Crippen molar-refractivity contribution in [2.24, 2.45) is 0 Å². The van der Waals surface area contributed by atoms with E-state index in [2.05, 4.69) is 32.0 Å². The molecule has 1 fully saturated rings. The number of piperazine rings is 1. The minimum absolute atomic E-state index is 0.0842. The average Bonchev–Trinajstić information content (AvgIpc) is 3.33. The number of aryl methyl sites for hydroxylation is 1. The molecule has 1 aliphatic rings. The van der Waals surface area contributed by atoms with Crippen LogP contribution in [-0.2, 0) is 12.7 Å². The number of rotatable bonds is 4. The normalized spacial score (nSPS) is 14.7. The van der Waals surface area contributed by atoms with Crippen LogP contribution in [0.4, 0.5) is 18.9 Å². The van der Waals surface area contributed by atoms with Crippen molar-refractivity contribution in [3.05, 3.63) is 94.6 Å². The number of amides is 1. The van der Waals surface area contributed by atoms with Crippen LogP contribution < -0.4 is 5.32 Å². The molecule has 5 rings (SSSR count). The predicted octanol–water partition coefficient (Wildman–Crippen LogP) is 4.46. The maximum absolute atomic E-state index is 13.9. The second kappa shape index (κ2) is 10.9. The predicted molar refractivity (Wildman–Crippen MR) is 142 cm³/mol. The molecule has 2 aromatic heterocycles. The third kappa shape index (κ3) is 6.11. The molecule has 10 heteroatoms. The minimum Gasteiger partial charge on any atom is -0.322 e. The smallest absolute Gasteiger partial charge is 0.322 e. The SMILES string of the molecule is Cc1ccc(C(=O)Nc2ccc(CN3CCN(C)CC3)c(C(F)(F)F)c2)cc1C#Cc1cnc2ncccn12. The van der Waals surface area contributed by atoms with Crippen LogP contribution in [0, 0.1) is 18.8 Å². The molecule has 0 spiro atoms. The standard InChI is InChI=1S/C29H27F3N6O/c1-20-4-5-22(16-21(20)7-9-25-18-34-28-33-10-3-11-38(25)28)27(39)35-24-8-6-23(26(17-24)29(30,31)32)19-37-14-12-36(2)13-15-37/h3-6,8,10-11,16-18H,12-15,19H2,1-2H3,(H,35,39). The molecular formula is C29H27F3N6O. The first kappa shape index (κ1) is 26.4. The highest BCUT2D eigenvalue weighted by Gasteiger charge is 2.34. The lowest BCUT2D eigenvalue weighted by atomic mass is 10.0. The number of hydrogen-bond donors (Lipinski definition) is 1. The summed E-state index contributed by atoms with van der Waals surface area (Å²) in [6.45, 7) is 5.12. The van der Waals surface area contributed by atoms with Gasteiger partial charge >= 0.3 is 6.18 Å². The van der Waals surface area contributed by atoms with Crippen LogP contribution in [0.2, 0.25) is 0 Å². The lowest BCUT2D eigenvalue weighted by molar-refractivity contribution is -0.138. The quantitative estimate of drug-likeness (QED) is 0.394. The molecule has 1 aliphatic heterocycles. The molecule has 0 bridgehead atoms. The second-order valence-corrected chi connectivity index (χ2v) is 9.62. The van der Waals surface area contributed by atoms with Crippen molar-refractivity contribution in [2.45, 2.75) is 19.6 Å². The number of anilines is 1. The van der Waals surface area contributed by atoms with E-state index in [1.54, 1.807) is 41.1 Å². The van der Waals surface area contributed by atoms with Crippen LogP contribution in [0.25, 0.3) is 5.78 Å². The van der Waals surface area contributed by atoms with Crippen molar-refractivity contribution in [1.29, 1.82) is 0 Å². The van der Waals surface area contributed by atoms with E-state index >= 15 is 0 Å². The fourth-order valence-electron chi connectivity index (χ4n) is 4.46. The van der Waals surface area contributed by atoms with Gasteiger partial charge in [-0.1, -0.05) is 18.1 Å². The number of carbonyl (C=O) groups excluding carboxylic acids is 1. The lowest BCUT2D eigenvalue weighted by Gasteiger charge is -2.33. The van der Waals surface area contributed by atoms with E-state index in [1.165, 1.54) is 12.1 Å². The van der Waals surface area contributed by atoms with Crippen molar-refractivity contribution >= 4 is 17.4 Å². The molecule has 1 amide bonds. The summed E-state index contributed by atoms with van der Waals surface area (Å²) in [4.78, 5) is 25.5. The van der Waals surface area contributed by atoms with Gasteiger partial charge in [-0.3, -0.25) is 14.1 Å². The first-order valence-electron chi connectivity index (χ1n) is 12.5. The molecule has 0 atom stereocenters. The van der Waals surface area contributed by atoms with Crippen LogP contribution in [0.15, 0.2) is 61.1 Å². The Morgan fingerprint density at radius 1 is 1.05 bits per heavy atom. The summed E-state index contributed by atoms with van der Waals surface area (Å²) in [5.74, 6) is 6.13. The van der Waals surface area contributed by atoms with Gasteiger partial charge in [0.1, 0.15) is 5.69 Å². The Labute approximate surface area is 224 Å². The molecule has 1 N–H and O–H groups in total. The van der Waals surface area contributed by atoms with Crippen LogP contribution in [0.5, 0.6) is 0 Å². The second-order valence-electron chi connectivity index (χ2n) is 9.62. The van der Waals surface area contributed by atoms with E-state index in [1.807, 2.05) is 25.1 Å². The largest absolute Gasteiger partial charge is 0.416 e. The number of hydrogen-bond acceptors (Lipinski definition) is 5. The number of alkyl halides is 3. The summed E-state index contributed by atoms with van der Waals surface area (Å²) in [6.07, 6.45) is 0.529. The van der Waals surface area contributed by atoms with Crippen molar-refractivity contribution in [3.63, 3.8) is 0 Å². The number of fused-ring (bicyclic) bond motifs is 1. The van der Waals surface area contributed by atoms with Crippen molar-refractivity contribution in [1.82, 2.24) is 24.2 Å².